The van der Waals surface area contributed by atoms with Crippen LogP contribution in [-0.4, -0.2) is 37.9 Å². The summed E-state index contributed by atoms with van der Waals surface area (Å²) in [7, 11) is 3.22. The normalized spacial score (nSPS) is 22.3. The number of nitrogens with one attached hydrogen (secondary N) is 1. The van der Waals surface area contributed by atoms with Crippen LogP contribution in [0.2, 0.25) is 0 Å². The Labute approximate surface area is 118 Å². The van der Waals surface area contributed by atoms with E-state index >= 15 is 0 Å². The molecule has 2 N–H and O–H groups in total. The minimum atomic E-state index is -0.725. The zero-order chi connectivity index (χ0) is 14.5. The molecule has 0 unspecified atom stereocenters. The predicted molar refractivity (Wildman–Crippen MR) is 75.4 cm³/mol. The van der Waals surface area contributed by atoms with E-state index < -0.39 is 5.97 Å². The van der Waals surface area contributed by atoms with E-state index in [9.17, 15) is 9.90 Å². The highest BCUT2D eigenvalue weighted by molar-refractivity contribution is 5.71. The lowest BCUT2D eigenvalue weighted by molar-refractivity contribution is -0.143. The van der Waals surface area contributed by atoms with E-state index in [-0.39, 0.29) is 12.0 Å². The van der Waals surface area contributed by atoms with Gasteiger partial charge in [0.25, 0.3) is 0 Å². The second-order valence-electron chi connectivity index (χ2n) is 5.07. The molecule has 1 aromatic rings. The average Bonchev–Trinajstić information content (AvgIpc) is 2.47. The summed E-state index contributed by atoms with van der Waals surface area (Å²) >= 11 is 0. The van der Waals surface area contributed by atoms with Gasteiger partial charge in [-0.2, -0.15) is 0 Å². The lowest BCUT2D eigenvalue weighted by Gasteiger charge is -2.30. The first-order valence-corrected chi connectivity index (χ1v) is 6.82. The number of piperidine rings is 1. The monoisotopic (exact) mass is 279 g/mol. The van der Waals surface area contributed by atoms with Gasteiger partial charge in [0.05, 0.1) is 20.1 Å². The van der Waals surface area contributed by atoms with Crippen molar-refractivity contribution in [2.75, 3.05) is 20.8 Å². The number of carboxylic acid groups (broad SMARTS) is 1. The van der Waals surface area contributed by atoms with Crippen molar-refractivity contribution in [3.8, 4) is 11.5 Å². The standard InChI is InChI=1S/C15H21NO4/c1-19-11-6-10(7-12(9-11)20-2)8-14-13(15(17)18)4-3-5-16-14/h6-7,9,13-14,16H,3-5,8H2,1-2H3,(H,17,18)/t13-,14-/m1/s1. The minimum Gasteiger partial charge on any atom is -0.497 e. The maximum Gasteiger partial charge on any atom is 0.308 e. The van der Waals surface area contributed by atoms with Gasteiger partial charge < -0.3 is 19.9 Å². The fraction of sp³-hybridized carbons (Fsp3) is 0.533. The number of hydrogen-bond acceptors (Lipinski definition) is 4. The summed E-state index contributed by atoms with van der Waals surface area (Å²) < 4.78 is 10.5. The van der Waals surface area contributed by atoms with Crippen molar-refractivity contribution in [2.24, 2.45) is 5.92 Å². The molecule has 1 aliphatic heterocycles. The molecule has 0 saturated carbocycles. The van der Waals surface area contributed by atoms with Crippen molar-refractivity contribution >= 4 is 5.97 Å². The summed E-state index contributed by atoms with van der Waals surface area (Å²) in [6, 6.07) is 5.63. The first kappa shape index (κ1) is 14.7. The lowest BCUT2D eigenvalue weighted by atomic mass is 9.87. The average molecular weight is 279 g/mol. The van der Waals surface area contributed by atoms with E-state index in [4.69, 9.17) is 9.47 Å². The number of hydrogen-bond donors (Lipinski definition) is 2. The van der Waals surface area contributed by atoms with Gasteiger partial charge in [-0.05, 0) is 43.5 Å². The molecule has 1 heterocycles. The number of aliphatic carboxylic acids is 1. The van der Waals surface area contributed by atoms with E-state index in [2.05, 4.69) is 5.32 Å². The third-order valence-electron chi connectivity index (χ3n) is 3.77. The van der Waals surface area contributed by atoms with E-state index in [0.29, 0.717) is 6.42 Å². The molecule has 5 nitrogen and oxygen atoms in total. The van der Waals surface area contributed by atoms with Crippen LogP contribution in [0.25, 0.3) is 0 Å². The Kier molecular flexibility index (Phi) is 4.84. The van der Waals surface area contributed by atoms with Crippen LogP contribution >= 0.6 is 0 Å². The first-order chi connectivity index (χ1) is 9.63. The van der Waals surface area contributed by atoms with Gasteiger partial charge in [-0.1, -0.05) is 0 Å². The highest BCUT2D eigenvalue weighted by Gasteiger charge is 2.30. The Balaban J connectivity index is 2.17. The highest BCUT2D eigenvalue weighted by atomic mass is 16.5. The van der Waals surface area contributed by atoms with Crippen molar-refractivity contribution in [1.29, 1.82) is 0 Å². The molecular formula is C15H21NO4. The van der Waals surface area contributed by atoms with Crippen molar-refractivity contribution in [2.45, 2.75) is 25.3 Å². The second kappa shape index (κ2) is 6.61. The molecule has 0 spiro atoms. The highest BCUT2D eigenvalue weighted by Crippen LogP contribution is 2.26. The summed E-state index contributed by atoms with van der Waals surface area (Å²) in [5, 5.41) is 12.6. The van der Waals surface area contributed by atoms with Crippen molar-refractivity contribution in [3.05, 3.63) is 23.8 Å². The summed E-state index contributed by atoms with van der Waals surface area (Å²) in [6.07, 6.45) is 2.30. The molecule has 0 amide bonds. The Morgan fingerprint density at radius 1 is 1.30 bits per heavy atom. The van der Waals surface area contributed by atoms with Gasteiger partial charge in [0.2, 0.25) is 0 Å². The molecule has 1 aromatic carbocycles. The van der Waals surface area contributed by atoms with Crippen LogP contribution in [0.15, 0.2) is 18.2 Å². The fourth-order valence-electron chi connectivity index (χ4n) is 2.70. The smallest absolute Gasteiger partial charge is 0.308 e. The molecule has 20 heavy (non-hydrogen) atoms. The molecule has 1 aliphatic rings. The van der Waals surface area contributed by atoms with Gasteiger partial charge in [0.15, 0.2) is 0 Å². The van der Waals surface area contributed by atoms with Crippen LogP contribution in [0, 0.1) is 5.92 Å². The van der Waals surface area contributed by atoms with E-state index in [1.807, 2.05) is 18.2 Å². The molecular weight excluding hydrogens is 258 g/mol. The lowest BCUT2D eigenvalue weighted by Crippen LogP contribution is -2.46. The maximum absolute atomic E-state index is 11.3. The van der Waals surface area contributed by atoms with Crippen LogP contribution in [0.1, 0.15) is 18.4 Å². The number of carbonyl (C=O) groups is 1. The third kappa shape index (κ3) is 3.42. The molecule has 0 aliphatic carbocycles. The SMILES string of the molecule is COc1cc(C[C@H]2NCCC[C@H]2C(=O)O)cc(OC)c1. The number of ether oxygens (including phenoxy) is 2. The minimum absolute atomic E-state index is 0.0435. The molecule has 2 atom stereocenters. The summed E-state index contributed by atoms with van der Waals surface area (Å²) in [4.78, 5) is 11.3. The van der Waals surface area contributed by atoms with Crippen LogP contribution in [0.3, 0.4) is 0 Å². The number of methoxy groups -OCH3 is 2. The third-order valence-corrected chi connectivity index (χ3v) is 3.77. The second-order valence-corrected chi connectivity index (χ2v) is 5.07. The first-order valence-electron chi connectivity index (χ1n) is 6.82. The Hall–Kier alpha value is -1.75. The van der Waals surface area contributed by atoms with Crippen LogP contribution in [0.5, 0.6) is 11.5 Å². The molecule has 1 saturated heterocycles. The zero-order valence-electron chi connectivity index (χ0n) is 11.9. The number of benzene rings is 1. The van der Waals surface area contributed by atoms with Crippen LogP contribution < -0.4 is 14.8 Å². The van der Waals surface area contributed by atoms with Gasteiger partial charge in [-0.25, -0.2) is 0 Å². The van der Waals surface area contributed by atoms with E-state index in [0.717, 1.165) is 36.4 Å². The van der Waals surface area contributed by atoms with Crippen molar-refractivity contribution in [1.82, 2.24) is 5.32 Å². The number of carboxylic acids is 1. The van der Waals surface area contributed by atoms with Gasteiger partial charge in [-0.15, -0.1) is 0 Å². The van der Waals surface area contributed by atoms with Gasteiger partial charge in [0.1, 0.15) is 11.5 Å². The Bertz CT molecular complexity index is 453. The molecule has 5 heteroatoms. The van der Waals surface area contributed by atoms with E-state index in [1.54, 1.807) is 14.2 Å². The Morgan fingerprint density at radius 3 is 2.50 bits per heavy atom. The van der Waals surface area contributed by atoms with Gasteiger partial charge >= 0.3 is 5.97 Å². The molecule has 0 bridgehead atoms. The van der Waals surface area contributed by atoms with Gasteiger partial charge in [0, 0.05) is 12.1 Å². The van der Waals surface area contributed by atoms with Gasteiger partial charge in [-0.3, -0.25) is 4.79 Å². The zero-order valence-corrected chi connectivity index (χ0v) is 11.9. The topological polar surface area (TPSA) is 67.8 Å². The number of rotatable bonds is 5. The van der Waals surface area contributed by atoms with Crippen molar-refractivity contribution in [3.63, 3.8) is 0 Å². The molecule has 2 rings (SSSR count). The summed E-state index contributed by atoms with van der Waals surface area (Å²) in [6.45, 7) is 0.871. The molecule has 0 radical (unpaired) electrons. The summed E-state index contributed by atoms with van der Waals surface area (Å²) in [5.41, 5.74) is 1.02. The molecule has 0 aromatic heterocycles. The molecule has 1 fully saturated rings. The predicted octanol–water partition coefficient (Wildman–Crippen LogP) is 1.70. The quantitative estimate of drug-likeness (QED) is 0.858. The van der Waals surface area contributed by atoms with Crippen molar-refractivity contribution < 1.29 is 19.4 Å². The largest absolute Gasteiger partial charge is 0.497 e. The summed E-state index contributed by atoms with van der Waals surface area (Å²) in [5.74, 6) is 0.391. The Morgan fingerprint density at radius 2 is 1.95 bits per heavy atom. The van der Waals surface area contributed by atoms with E-state index in [1.165, 1.54) is 0 Å². The fourth-order valence-corrected chi connectivity index (χ4v) is 2.70. The maximum atomic E-state index is 11.3. The van der Waals surface area contributed by atoms with Crippen LogP contribution in [0.4, 0.5) is 0 Å². The van der Waals surface area contributed by atoms with Crippen LogP contribution in [-0.2, 0) is 11.2 Å². The molecule has 110 valence electrons.